The molecule has 0 saturated carbocycles. The predicted octanol–water partition coefficient (Wildman–Crippen LogP) is 3.23. The van der Waals surface area contributed by atoms with E-state index < -0.39 is 5.97 Å². The topological polar surface area (TPSA) is 65.5 Å². The van der Waals surface area contributed by atoms with E-state index in [0.717, 1.165) is 15.2 Å². The number of hydrogen-bond donors (Lipinski definition) is 0. The number of benzene rings is 2. The number of para-hydroxylation sites is 2. The summed E-state index contributed by atoms with van der Waals surface area (Å²) in [6.45, 7) is -0.146. The van der Waals surface area contributed by atoms with E-state index in [1.807, 2.05) is 24.3 Å². The Labute approximate surface area is 136 Å². The van der Waals surface area contributed by atoms with Crippen LogP contribution in [-0.4, -0.2) is 23.8 Å². The van der Waals surface area contributed by atoms with Crippen LogP contribution in [0.25, 0.3) is 10.2 Å². The van der Waals surface area contributed by atoms with E-state index in [1.165, 1.54) is 11.3 Å². The molecule has 116 valence electrons. The van der Waals surface area contributed by atoms with Gasteiger partial charge in [0.05, 0.1) is 15.8 Å². The van der Waals surface area contributed by atoms with Gasteiger partial charge < -0.3 is 9.47 Å². The lowest BCUT2D eigenvalue weighted by Gasteiger charge is -2.07. The molecule has 23 heavy (non-hydrogen) atoms. The van der Waals surface area contributed by atoms with Crippen molar-refractivity contribution in [3.8, 4) is 5.75 Å². The predicted molar refractivity (Wildman–Crippen MR) is 86.7 cm³/mol. The van der Waals surface area contributed by atoms with E-state index in [1.54, 1.807) is 24.3 Å². The van der Waals surface area contributed by atoms with Gasteiger partial charge in [-0.3, -0.25) is 4.79 Å². The Balaban J connectivity index is 1.54. The second kappa shape index (κ2) is 7.02. The minimum Gasteiger partial charge on any atom is -0.481 e. The molecule has 0 saturated heterocycles. The van der Waals surface area contributed by atoms with Crippen molar-refractivity contribution < 1.29 is 19.1 Å². The fraction of sp³-hybridized carbons (Fsp3) is 0.118. The lowest BCUT2D eigenvalue weighted by molar-refractivity contribution is -0.147. The van der Waals surface area contributed by atoms with Gasteiger partial charge in [0.2, 0.25) is 0 Å². The lowest BCUT2D eigenvalue weighted by Crippen LogP contribution is -2.15. The van der Waals surface area contributed by atoms with E-state index in [0.29, 0.717) is 17.6 Å². The highest BCUT2D eigenvalue weighted by Crippen LogP contribution is 2.22. The first-order chi connectivity index (χ1) is 11.3. The smallest absolute Gasteiger partial charge is 0.344 e. The summed E-state index contributed by atoms with van der Waals surface area (Å²) in [6.07, 6.45) is 0.682. The summed E-state index contributed by atoms with van der Waals surface area (Å²) in [7, 11) is 0. The van der Waals surface area contributed by atoms with Crippen LogP contribution < -0.4 is 4.74 Å². The van der Waals surface area contributed by atoms with Gasteiger partial charge in [0.15, 0.2) is 12.9 Å². The number of fused-ring (bicyclic) bond motifs is 1. The summed E-state index contributed by atoms with van der Waals surface area (Å²) < 4.78 is 11.5. The molecule has 0 unspecified atom stereocenters. The first-order valence-corrected chi connectivity index (χ1v) is 7.75. The summed E-state index contributed by atoms with van der Waals surface area (Å²) in [6, 6.07) is 14.4. The number of carbonyl (C=O) groups is 2. The molecule has 0 spiro atoms. The second-order valence-electron chi connectivity index (χ2n) is 4.68. The molecular weight excluding hydrogens is 314 g/mol. The van der Waals surface area contributed by atoms with Gasteiger partial charge in [-0.1, -0.05) is 24.3 Å². The Morgan fingerprint density at radius 3 is 2.74 bits per heavy atom. The maximum absolute atomic E-state index is 11.7. The molecule has 1 heterocycles. The van der Waals surface area contributed by atoms with Crippen molar-refractivity contribution in [2.75, 3.05) is 6.61 Å². The monoisotopic (exact) mass is 327 g/mol. The molecule has 0 aliphatic heterocycles. The zero-order valence-electron chi connectivity index (χ0n) is 12.1. The molecule has 0 N–H and O–H groups in total. The molecule has 1 aromatic heterocycles. The number of thiazole rings is 1. The molecule has 0 atom stereocenters. The Hall–Kier alpha value is -2.73. The standard InChI is InChI=1S/C17H13NO4S/c19-9-12-5-1-3-7-14(12)21-11-17(20)22-10-16-18-13-6-2-4-8-15(13)23-16/h1-9H,10-11H2. The number of carbonyl (C=O) groups excluding carboxylic acids is 2. The molecule has 0 aliphatic rings. The summed E-state index contributed by atoms with van der Waals surface area (Å²) >= 11 is 1.48. The van der Waals surface area contributed by atoms with Crippen molar-refractivity contribution in [2.24, 2.45) is 0 Å². The third kappa shape index (κ3) is 3.73. The summed E-state index contributed by atoms with van der Waals surface area (Å²) in [4.78, 5) is 27.0. The Bertz CT molecular complexity index is 810. The maximum Gasteiger partial charge on any atom is 0.344 e. The molecule has 0 radical (unpaired) electrons. The number of esters is 1. The third-order valence-electron chi connectivity index (χ3n) is 3.09. The number of nitrogens with zero attached hydrogens (tertiary/aromatic N) is 1. The molecular formula is C17H13NO4S. The second-order valence-corrected chi connectivity index (χ2v) is 5.80. The third-order valence-corrected chi connectivity index (χ3v) is 4.10. The molecule has 5 nitrogen and oxygen atoms in total. The maximum atomic E-state index is 11.7. The van der Waals surface area contributed by atoms with E-state index in [-0.39, 0.29) is 13.2 Å². The van der Waals surface area contributed by atoms with Gasteiger partial charge >= 0.3 is 5.97 Å². The lowest BCUT2D eigenvalue weighted by atomic mass is 10.2. The van der Waals surface area contributed by atoms with Gasteiger partial charge in [0.25, 0.3) is 0 Å². The average Bonchev–Trinajstić information content (AvgIpc) is 3.01. The van der Waals surface area contributed by atoms with Crippen LogP contribution in [0.5, 0.6) is 5.75 Å². The fourth-order valence-electron chi connectivity index (χ4n) is 2.01. The van der Waals surface area contributed by atoms with Crippen LogP contribution in [-0.2, 0) is 16.1 Å². The van der Waals surface area contributed by atoms with E-state index in [2.05, 4.69) is 4.98 Å². The van der Waals surface area contributed by atoms with Gasteiger partial charge in [-0.05, 0) is 24.3 Å². The minimum atomic E-state index is -0.509. The molecule has 0 bridgehead atoms. The van der Waals surface area contributed by atoms with E-state index in [9.17, 15) is 9.59 Å². The van der Waals surface area contributed by atoms with Crippen molar-refractivity contribution >= 4 is 33.8 Å². The molecule has 3 aromatic rings. The number of aldehydes is 1. The van der Waals surface area contributed by atoms with Crippen molar-refractivity contribution in [3.63, 3.8) is 0 Å². The first kappa shape index (κ1) is 15.2. The van der Waals surface area contributed by atoms with Crippen LogP contribution in [0.2, 0.25) is 0 Å². The highest BCUT2D eigenvalue weighted by molar-refractivity contribution is 7.18. The molecule has 0 fully saturated rings. The first-order valence-electron chi connectivity index (χ1n) is 6.93. The van der Waals surface area contributed by atoms with Gasteiger partial charge in [-0.25, -0.2) is 9.78 Å². The van der Waals surface area contributed by atoms with Gasteiger partial charge in [-0.2, -0.15) is 0 Å². The number of rotatable bonds is 6. The van der Waals surface area contributed by atoms with Crippen LogP contribution in [0.15, 0.2) is 48.5 Å². The highest BCUT2D eigenvalue weighted by Gasteiger charge is 2.09. The van der Waals surface area contributed by atoms with Crippen LogP contribution in [0.3, 0.4) is 0 Å². The zero-order valence-corrected chi connectivity index (χ0v) is 12.9. The summed E-state index contributed by atoms with van der Waals surface area (Å²) in [5.74, 6) is -0.149. The zero-order chi connectivity index (χ0) is 16.1. The van der Waals surface area contributed by atoms with Gasteiger partial charge in [0.1, 0.15) is 17.4 Å². The van der Waals surface area contributed by atoms with Crippen LogP contribution >= 0.6 is 11.3 Å². The van der Waals surface area contributed by atoms with E-state index >= 15 is 0 Å². The SMILES string of the molecule is O=Cc1ccccc1OCC(=O)OCc1nc2ccccc2s1. The van der Waals surface area contributed by atoms with Crippen molar-refractivity contribution in [2.45, 2.75) is 6.61 Å². The Morgan fingerprint density at radius 1 is 1.13 bits per heavy atom. The van der Waals surface area contributed by atoms with Crippen molar-refractivity contribution in [1.29, 1.82) is 0 Å². The largest absolute Gasteiger partial charge is 0.481 e. The van der Waals surface area contributed by atoms with Crippen molar-refractivity contribution in [3.05, 3.63) is 59.1 Å². The quantitative estimate of drug-likeness (QED) is 0.514. The van der Waals surface area contributed by atoms with Crippen LogP contribution in [0.1, 0.15) is 15.4 Å². The molecule has 3 rings (SSSR count). The minimum absolute atomic E-state index is 0.108. The van der Waals surface area contributed by atoms with Crippen molar-refractivity contribution in [1.82, 2.24) is 4.98 Å². The average molecular weight is 327 g/mol. The highest BCUT2D eigenvalue weighted by atomic mass is 32.1. The molecule has 0 amide bonds. The fourth-order valence-corrected chi connectivity index (χ4v) is 2.89. The van der Waals surface area contributed by atoms with E-state index in [4.69, 9.17) is 9.47 Å². The Morgan fingerprint density at radius 2 is 1.91 bits per heavy atom. The molecule has 0 aliphatic carbocycles. The Kier molecular flexibility index (Phi) is 4.63. The molecule has 6 heteroatoms. The number of aromatic nitrogens is 1. The summed E-state index contributed by atoms with van der Waals surface area (Å²) in [5.41, 5.74) is 1.28. The normalized spacial score (nSPS) is 10.4. The van der Waals surface area contributed by atoms with Gasteiger partial charge in [0, 0.05) is 0 Å². The van der Waals surface area contributed by atoms with Crippen LogP contribution in [0, 0.1) is 0 Å². The molecule has 2 aromatic carbocycles. The van der Waals surface area contributed by atoms with Gasteiger partial charge in [-0.15, -0.1) is 11.3 Å². The number of ether oxygens (including phenoxy) is 2. The summed E-state index contributed by atoms with van der Waals surface area (Å²) in [5, 5.41) is 0.729. The number of hydrogen-bond acceptors (Lipinski definition) is 6. The van der Waals surface area contributed by atoms with Crippen LogP contribution in [0.4, 0.5) is 0 Å².